The van der Waals surface area contributed by atoms with Crippen LogP contribution in [0.5, 0.6) is 0 Å². The first-order valence-electron chi connectivity index (χ1n) is 9.84. The second-order valence-corrected chi connectivity index (χ2v) is 7.02. The molecule has 0 aliphatic heterocycles. The Morgan fingerprint density at radius 2 is 1.70 bits per heavy atom. The Hall–Kier alpha value is -3.80. The number of aryl methyl sites for hydroxylation is 2. The maximum atomic E-state index is 13.0. The highest BCUT2D eigenvalue weighted by Crippen LogP contribution is 2.20. The highest BCUT2D eigenvalue weighted by atomic mass is 16.4. The van der Waals surface area contributed by atoms with Gasteiger partial charge >= 0.3 is 0 Å². The summed E-state index contributed by atoms with van der Waals surface area (Å²) in [5.41, 5.74) is 3.07. The van der Waals surface area contributed by atoms with E-state index in [4.69, 9.17) is 4.42 Å². The summed E-state index contributed by atoms with van der Waals surface area (Å²) in [6.07, 6.45) is 2.31. The van der Waals surface area contributed by atoms with Crippen LogP contribution in [-0.2, 0) is 17.8 Å². The standard InChI is InChI=1S/C24H22N4O2/c1-18-10-12-20(13-11-18)24-27-26-22(30-24)14-15-23(29)28(21-9-5-6-16-25-21)17-19-7-3-2-4-8-19/h2-13,16H,14-15,17H2,1H3. The molecule has 0 N–H and O–H groups in total. The van der Waals surface area contributed by atoms with Gasteiger partial charge < -0.3 is 4.42 Å². The molecule has 0 atom stereocenters. The SMILES string of the molecule is Cc1ccc(-c2nnc(CCC(=O)N(Cc3ccccc3)c3ccccn3)o2)cc1. The minimum absolute atomic E-state index is 0.0485. The van der Waals surface area contributed by atoms with Crippen LogP contribution in [0.25, 0.3) is 11.5 Å². The molecule has 6 nitrogen and oxygen atoms in total. The molecule has 1 amide bonds. The van der Waals surface area contributed by atoms with Crippen molar-refractivity contribution in [3.05, 3.63) is 96.0 Å². The number of pyridine rings is 1. The summed E-state index contributed by atoms with van der Waals surface area (Å²) < 4.78 is 5.76. The summed E-state index contributed by atoms with van der Waals surface area (Å²) in [5.74, 6) is 1.48. The third-order valence-corrected chi connectivity index (χ3v) is 4.73. The van der Waals surface area contributed by atoms with Gasteiger partial charge in [0.1, 0.15) is 5.82 Å². The van der Waals surface area contributed by atoms with Gasteiger partial charge in [0, 0.05) is 24.6 Å². The van der Waals surface area contributed by atoms with Crippen LogP contribution in [0.2, 0.25) is 0 Å². The monoisotopic (exact) mass is 398 g/mol. The van der Waals surface area contributed by atoms with Crippen molar-refractivity contribution in [2.24, 2.45) is 0 Å². The van der Waals surface area contributed by atoms with Gasteiger partial charge in [-0.1, -0.05) is 54.1 Å². The molecule has 2 aromatic heterocycles. The van der Waals surface area contributed by atoms with Gasteiger partial charge in [0.05, 0.1) is 6.54 Å². The molecular formula is C24H22N4O2. The topological polar surface area (TPSA) is 72.1 Å². The number of amides is 1. The third-order valence-electron chi connectivity index (χ3n) is 4.73. The second kappa shape index (κ2) is 9.13. The highest BCUT2D eigenvalue weighted by Gasteiger charge is 2.19. The molecule has 0 fully saturated rings. The molecule has 0 bridgehead atoms. The Kier molecular flexibility index (Phi) is 5.94. The van der Waals surface area contributed by atoms with Gasteiger partial charge in [0.25, 0.3) is 0 Å². The van der Waals surface area contributed by atoms with Crippen LogP contribution in [0.15, 0.2) is 83.4 Å². The van der Waals surface area contributed by atoms with Gasteiger partial charge in [-0.2, -0.15) is 0 Å². The molecule has 0 unspecified atom stereocenters. The largest absolute Gasteiger partial charge is 0.421 e. The van der Waals surface area contributed by atoms with E-state index in [1.807, 2.05) is 79.7 Å². The summed E-state index contributed by atoms with van der Waals surface area (Å²) in [6, 6.07) is 23.3. The van der Waals surface area contributed by atoms with Crippen LogP contribution >= 0.6 is 0 Å². The van der Waals surface area contributed by atoms with E-state index in [1.165, 1.54) is 0 Å². The molecule has 30 heavy (non-hydrogen) atoms. The lowest BCUT2D eigenvalue weighted by atomic mass is 10.1. The van der Waals surface area contributed by atoms with Crippen molar-refractivity contribution in [2.45, 2.75) is 26.3 Å². The maximum absolute atomic E-state index is 13.0. The Bertz CT molecular complexity index is 1090. The molecule has 4 aromatic rings. The van der Waals surface area contributed by atoms with E-state index in [1.54, 1.807) is 11.1 Å². The number of nitrogens with zero attached hydrogens (tertiary/aromatic N) is 4. The van der Waals surface area contributed by atoms with Crippen LogP contribution in [0.3, 0.4) is 0 Å². The van der Waals surface area contributed by atoms with Crippen LogP contribution in [0.4, 0.5) is 5.82 Å². The Morgan fingerprint density at radius 3 is 2.43 bits per heavy atom. The summed E-state index contributed by atoms with van der Waals surface area (Å²) in [4.78, 5) is 19.1. The first-order chi connectivity index (χ1) is 14.7. The predicted molar refractivity (Wildman–Crippen MR) is 115 cm³/mol. The average Bonchev–Trinajstić information content (AvgIpc) is 3.27. The van der Waals surface area contributed by atoms with E-state index in [0.717, 1.165) is 16.7 Å². The van der Waals surface area contributed by atoms with Gasteiger partial charge in [0.2, 0.25) is 17.7 Å². The third kappa shape index (κ3) is 4.78. The number of anilines is 1. The number of hydrogen-bond donors (Lipinski definition) is 0. The van der Waals surface area contributed by atoms with Crippen molar-refractivity contribution in [1.29, 1.82) is 0 Å². The fourth-order valence-electron chi connectivity index (χ4n) is 3.09. The van der Waals surface area contributed by atoms with E-state index in [0.29, 0.717) is 30.6 Å². The van der Waals surface area contributed by atoms with E-state index in [9.17, 15) is 4.79 Å². The van der Waals surface area contributed by atoms with Crippen molar-refractivity contribution in [3.63, 3.8) is 0 Å². The zero-order valence-corrected chi connectivity index (χ0v) is 16.7. The fourth-order valence-corrected chi connectivity index (χ4v) is 3.09. The zero-order chi connectivity index (χ0) is 20.8. The minimum Gasteiger partial charge on any atom is -0.421 e. The van der Waals surface area contributed by atoms with Crippen molar-refractivity contribution < 1.29 is 9.21 Å². The van der Waals surface area contributed by atoms with E-state index >= 15 is 0 Å². The Morgan fingerprint density at radius 1 is 0.933 bits per heavy atom. The molecule has 0 spiro atoms. The molecule has 0 saturated heterocycles. The molecule has 150 valence electrons. The molecule has 0 aliphatic rings. The quantitative estimate of drug-likeness (QED) is 0.455. The lowest BCUT2D eigenvalue weighted by Crippen LogP contribution is -2.31. The van der Waals surface area contributed by atoms with Crippen LogP contribution in [0, 0.1) is 6.92 Å². The Balaban J connectivity index is 1.46. The summed E-state index contributed by atoms with van der Waals surface area (Å²) >= 11 is 0. The van der Waals surface area contributed by atoms with Gasteiger partial charge in [-0.3, -0.25) is 9.69 Å². The number of hydrogen-bond acceptors (Lipinski definition) is 5. The molecule has 0 radical (unpaired) electrons. The number of carbonyl (C=O) groups is 1. The lowest BCUT2D eigenvalue weighted by molar-refractivity contribution is -0.118. The number of rotatable bonds is 7. The van der Waals surface area contributed by atoms with Gasteiger partial charge in [-0.15, -0.1) is 10.2 Å². The summed E-state index contributed by atoms with van der Waals surface area (Å²) in [7, 11) is 0. The molecule has 6 heteroatoms. The number of carbonyl (C=O) groups excluding carboxylic acids is 1. The molecule has 0 saturated carbocycles. The first-order valence-corrected chi connectivity index (χ1v) is 9.84. The zero-order valence-electron chi connectivity index (χ0n) is 16.7. The minimum atomic E-state index is -0.0485. The summed E-state index contributed by atoms with van der Waals surface area (Å²) in [6.45, 7) is 2.48. The molecule has 4 rings (SSSR count). The van der Waals surface area contributed by atoms with Crippen LogP contribution in [-0.4, -0.2) is 21.1 Å². The highest BCUT2D eigenvalue weighted by molar-refractivity contribution is 5.92. The van der Waals surface area contributed by atoms with Crippen molar-refractivity contribution in [1.82, 2.24) is 15.2 Å². The van der Waals surface area contributed by atoms with Gasteiger partial charge in [0.15, 0.2) is 0 Å². The lowest BCUT2D eigenvalue weighted by Gasteiger charge is -2.21. The molecule has 2 heterocycles. The normalized spacial score (nSPS) is 10.7. The Labute approximate surface area is 175 Å². The van der Waals surface area contributed by atoms with E-state index < -0.39 is 0 Å². The van der Waals surface area contributed by atoms with E-state index in [2.05, 4.69) is 15.2 Å². The molecule has 0 aliphatic carbocycles. The van der Waals surface area contributed by atoms with Crippen molar-refractivity contribution in [2.75, 3.05) is 4.90 Å². The molecule has 2 aromatic carbocycles. The van der Waals surface area contributed by atoms with Gasteiger partial charge in [-0.25, -0.2) is 4.98 Å². The predicted octanol–water partition coefficient (Wildman–Crippen LogP) is 4.61. The summed E-state index contributed by atoms with van der Waals surface area (Å²) in [5, 5.41) is 8.21. The van der Waals surface area contributed by atoms with Crippen molar-refractivity contribution >= 4 is 11.7 Å². The fraction of sp³-hybridized carbons (Fsp3) is 0.167. The smallest absolute Gasteiger partial charge is 0.247 e. The number of aromatic nitrogens is 3. The van der Waals surface area contributed by atoms with E-state index in [-0.39, 0.29) is 12.3 Å². The van der Waals surface area contributed by atoms with Crippen molar-refractivity contribution in [3.8, 4) is 11.5 Å². The van der Waals surface area contributed by atoms with Crippen LogP contribution < -0.4 is 4.90 Å². The first kappa shape index (κ1) is 19.5. The van der Waals surface area contributed by atoms with Crippen LogP contribution in [0.1, 0.15) is 23.4 Å². The maximum Gasteiger partial charge on any atom is 0.247 e. The number of benzene rings is 2. The molecular weight excluding hydrogens is 376 g/mol. The second-order valence-electron chi connectivity index (χ2n) is 7.02. The van der Waals surface area contributed by atoms with Gasteiger partial charge in [-0.05, 0) is 36.8 Å². The average molecular weight is 398 g/mol.